The molecule has 0 bridgehead atoms. The van der Waals surface area contributed by atoms with E-state index in [1.165, 1.54) is 56.5 Å². The predicted octanol–water partition coefficient (Wildman–Crippen LogP) is 2.49. The van der Waals surface area contributed by atoms with Gasteiger partial charge in [0.25, 0.3) is 11.6 Å². The number of phenols is 1. The standard InChI is InChI=1S/C17H16N2O7/c1-10(26-17(22)11-3-5-12(20)6-4-11)16(21)18-14-8-7-13(25-2)9-15(14)19(23)24/h3-10,20H,1-2H3,(H,18,21). The Bertz CT molecular complexity index is 834. The Balaban J connectivity index is 2.08. The summed E-state index contributed by atoms with van der Waals surface area (Å²) in [6.07, 6.45) is -1.20. The molecule has 0 aliphatic rings. The lowest BCUT2D eigenvalue weighted by Crippen LogP contribution is -2.30. The zero-order valence-electron chi connectivity index (χ0n) is 14.0. The molecule has 0 aliphatic heterocycles. The second kappa shape index (κ2) is 7.97. The first kappa shape index (κ1) is 18.7. The Hall–Kier alpha value is -3.62. The van der Waals surface area contributed by atoms with Crippen LogP contribution in [0.5, 0.6) is 11.5 Å². The molecule has 9 heteroatoms. The van der Waals surface area contributed by atoms with Crippen molar-refractivity contribution < 1.29 is 29.1 Å². The molecule has 1 unspecified atom stereocenters. The lowest BCUT2D eigenvalue weighted by atomic mass is 10.2. The average molecular weight is 360 g/mol. The van der Waals surface area contributed by atoms with Crippen molar-refractivity contribution in [3.05, 3.63) is 58.1 Å². The number of nitrogens with one attached hydrogen (secondary N) is 1. The Labute approximate surface area is 148 Å². The van der Waals surface area contributed by atoms with Crippen LogP contribution in [-0.2, 0) is 9.53 Å². The molecule has 0 fully saturated rings. The van der Waals surface area contributed by atoms with E-state index in [2.05, 4.69) is 5.32 Å². The molecule has 0 aliphatic carbocycles. The molecule has 0 spiro atoms. The van der Waals surface area contributed by atoms with Gasteiger partial charge in [0, 0.05) is 0 Å². The van der Waals surface area contributed by atoms with Gasteiger partial charge in [-0.3, -0.25) is 14.9 Å². The number of carbonyl (C=O) groups excluding carboxylic acids is 2. The molecule has 2 rings (SSSR count). The third-order valence-corrected chi connectivity index (χ3v) is 3.42. The van der Waals surface area contributed by atoms with E-state index in [4.69, 9.17) is 9.47 Å². The Morgan fingerprint density at radius 2 is 1.85 bits per heavy atom. The Kier molecular flexibility index (Phi) is 5.74. The van der Waals surface area contributed by atoms with Crippen molar-refractivity contribution in [2.75, 3.05) is 12.4 Å². The van der Waals surface area contributed by atoms with E-state index < -0.39 is 22.9 Å². The Morgan fingerprint density at radius 3 is 2.42 bits per heavy atom. The van der Waals surface area contributed by atoms with E-state index in [0.717, 1.165) is 0 Å². The van der Waals surface area contributed by atoms with Crippen LogP contribution in [0, 0.1) is 10.1 Å². The first-order chi connectivity index (χ1) is 12.3. The second-order valence-electron chi connectivity index (χ2n) is 5.22. The zero-order valence-corrected chi connectivity index (χ0v) is 14.0. The number of hydrogen-bond acceptors (Lipinski definition) is 7. The van der Waals surface area contributed by atoms with Crippen molar-refractivity contribution in [1.29, 1.82) is 0 Å². The topological polar surface area (TPSA) is 128 Å². The minimum atomic E-state index is -1.20. The molecule has 0 aromatic heterocycles. The summed E-state index contributed by atoms with van der Waals surface area (Å²) in [6, 6.07) is 9.25. The summed E-state index contributed by atoms with van der Waals surface area (Å²) in [6.45, 7) is 1.34. The van der Waals surface area contributed by atoms with Gasteiger partial charge in [0.05, 0.1) is 23.7 Å². The van der Waals surface area contributed by atoms with Gasteiger partial charge in [-0.1, -0.05) is 0 Å². The third-order valence-electron chi connectivity index (χ3n) is 3.42. The van der Waals surface area contributed by atoms with Gasteiger partial charge in [-0.2, -0.15) is 0 Å². The number of nitrogens with zero attached hydrogens (tertiary/aromatic N) is 1. The van der Waals surface area contributed by atoms with Crippen molar-refractivity contribution in [3.63, 3.8) is 0 Å². The van der Waals surface area contributed by atoms with Crippen molar-refractivity contribution in [2.45, 2.75) is 13.0 Å². The number of esters is 1. The highest BCUT2D eigenvalue weighted by Gasteiger charge is 2.23. The molecule has 0 radical (unpaired) electrons. The maximum absolute atomic E-state index is 12.2. The Morgan fingerprint density at radius 1 is 1.19 bits per heavy atom. The van der Waals surface area contributed by atoms with Gasteiger partial charge in [-0.15, -0.1) is 0 Å². The first-order valence-electron chi connectivity index (χ1n) is 7.45. The van der Waals surface area contributed by atoms with E-state index >= 15 is 0 Å². The minimum absolute atomic E-state index is 0.0147. The zero-order chi connectivity index (χ0) is 19.3. The highest BCUT2D eigenvalue weighted by Crippen LogP contribution is 2.29. The van der Waals surface area contributed by atoms with Crippen LogP contribution < -0.4 is 10.1 Å². The summed E-state index contributed by atoms with van der Waals surface area (Å²) in [5.74, 6) is -1.25. The minimum Gasteiger partial charge on any atom is -0.508 e. The summed E-state index contributed by atoms with van der Waals surface area (Å²) >= 11 is 0. The second-order valence-corrected chi connectivity index (χ2v) is 5.22. The predicted molar refractivity (Wildman–Crippen MR) is 91.3 cm³/mol. The average Bonchev–Trinajstić information content (AvgIpc) is 2.62. The third kappa shape index (κ3) is 4.47. The summed E-state index contributed by atoms with van der Waals surface area (Å²) in [5, 5.41) is 22.7. The van der Waals surface area contributed by atoms with Crippen molar-refractivity contribution in [1.82, 2.24) is 0 Å². The number of nitro groups is 1. The van der Waals surface area contributed by atoms with Gasteiger partial charge in [0.15, 0.2) is 6.10 Å². The van der Waals surface area contributed by atoms with Gasteiger partial charge in [-0.25, -0.2) is 4.79 Å². The molecule has 2 N–H and O–H groups in total. The molecule has 0 saturated carbocycles. The quantitative estimate of drug-likeness (QED) is 0.460. The number of amides is 1. The number of ether oxygens (including phenoxy) is 2. The fourth-order valence-corrected chi connectivity index (χ4v) is 2.01. The number of rotatable bonds is 6. The molecule has 9 nitrogen and oxygen atoms in total. The van der Waals surface area contributed by atoms with E-state index in [0.29, 0.717) is 0 Å². The van der Waals surface area contributed by atoms with Crippen molar-refractivity contribution in [3.8, 4) is 11.5 Å². The maximum Gasteiger partial charge on any atom is 0.338 e. The maximum atomic E-state index is 12.2. The summed E-state index contributed by atoms with van der Waals surface area (Å²) in [4.78, 5) is 34.6. The van der Waals surface area contributed by atoms with E-state index in [1.807, 2.05) is 0 Å². The summed E-state index contributed by atoms with van der Waals surface area (Å²) in [7, 11) is 1.36. The molecular weight excluding hydrogens is 344 g/mol. The fourth-order valence-electron chi connectivity index (χ4n) is 2.01. The molecule has 2 aromatic rings. The van der Waals surface area contributed by atoms with Gasteiger partial charge < -0.3 is 19.9 Å². The molecule has 136 valence electrons. The molecule has 0 saturated heterocycles. The highest BCUT2D eigenvalue weighted by molar-refractivity contribution is 5.98. The number of benzene rings is 2. The fraction of sp³-hybridized carbons (Fsp3) is 0.176. The number of aromatic hydroxyl groups is 1. The van der Waals surface area contributed by atoms with Crippen molar-refractivity contribution >= 4 is 23.3 Å². The summed E-state index contributed by atoms with van der Waals surface area (Å²) in [5.41, 5.74) is -0.249. The molecule has 0 heterocycles. The van der Waals surface area contributed by atoms with Crippen molar-refractivity contribution in [2.24, 2.45) is 0 Å². The van der Waals surface area contributed by atoms with Crippen LogP contribution in [0.25, 0.3) is 0 Å². The smallest absolute Gasteiger partial charge is 0.338 e. The van der Waals surface area contributed by atoms with Gasteiger partial charge >= 0.3 is 5.97 Å². The number of anilines is 1. The lowest BCUT2D eigenvalue weighted by molar-refractivity contribution is -0.384. The van der Waals surface area contributed by atoms with Crippen LogP contribution in [-0.4, -0.2) is 35.1 Å². The number of hydrogen-bond donors (Lipinski definition) is 2. The summed E-state index contributed by atoms with van der Waals surface area (Å²) < 4.78 is 9.95. The lowest BCUT2D eigenvalue weighted by Gasteiger charge is -2.14. The molecule has 1 amide bonds. The van der Waals surface area contributed by atoms with Crippen LogP contribution in [0.1, 0.15) is 17.3 Å². The normalized spacial score (nSPS) is 11.3. The largest absolute Gasteiger partial charge is 0.508 e. The molecular formula is C17H16N2O7. The molecule has 2 aromatic carbocycles. The van der Waals surface area contributed by atoms with Crippen LogP contribution in [0.15, 0.2) is 42.5 Å². The SMILES string of the molecule is COc1ccc(NC(=O)C(C)OC(=O)c2ccc(O)cc2)c([N+](=O)[O-])c1. The van der Waals surface area contributed by atoms with Crippen LogP contribution in [0.4, 0.5) is 11.4 Å². The number of phenolic OH excluding ortho intramolecular Hbond substituents is 1. The van der Waals surface area contributed by atoms with Crippen LogP contribution in [0.2, 0.25) is 0 Å². The van der Waals surface area contributed by atoms with E-state index in [9.17, 15) is 24.8 Å². The highest BCUT2D eigenvalue weighted by atomic mass is 16.6. The first-order valence-corrected chi connectivity index (χ1v) is 7.45. The molecule has 1 atom stereocenters. The van der Waals surface area contributed by atoms with Crippen LogP contribution in [0.3, 0.4) is 0 Å². The number of nitro benzene ring substituents is 1. The van der Waals surface area contributed by atoms with Gasteiger partial charge in [0.2, 0.25) is 0 Å². The van der Waals surface area contributed by atoms with Gasteiger partial charge in [0.1, 0.15) is 17.2 Å². The van der Waals surface area contributed by atoms with Gasteiger partial charge in [-0.05, 0) is 43.3 Å². The molecule has 26 heavy (non-hydrogen) atoms. The van der Waals surface area contributed by atoms with E-state index in [-0.39, 0.29) is 28.4 Å². The van der Waals surface area contributed by atoms with E-state index in [1.54, 1.807) is 0 Å². The number of methoxy groups -OCH3 is 1. The van der Waals surface area contributed by atoms with Crippen LogP contribution >= 0.6 is 0 Å². The number of carbonyl (C=O) groups is 2. The monoisotopic (exact) mass is 360 g/mol.